The smallest absolute Gasteiger partial charge is 0.269 e. The maximum Gasteiger partial charge on any atom is 0.269 e. The van der Waals surface area contributed by atoms with E-state index in [1.807, 2.05) is 31.2 Å². The molecule has 2 aromatic carbocycles. The summed E-state index contributed by atoms with van der Waals surface area (Å²) in [6, 6.07) is 12.1. The molecule has 1 aromatic heterocycles. The van der Waals surface area contributed by atoms with Gasteiger partial charge in [0.05, 0.1) is 4.92 Å². The lowest BCUT2D eigenvalue weighted by Gasteiger charge is -2.12. The van der Waals surface area contributed by atoms with Crippen molar-refractivity contribution in [3.05, 3.63) is 69.8 Å². The summed E-state index contributed by atoms with van der Waals surface area (Å²) < 4.78 is 0. The molecule has 3 aromatic rings. The van der Waals surface area contributed by atoms with Crippen LogP contribution in [0.3, 0.4) is 0 Å². The number of hydrogen-bond acceptors (Lipinski definition) is 7. The molecule has 3 rings (SSSR count). The molecule has 10 heteroatoms. The Kier molecular flexibility index (Phi) is 5.93. The zero-order valence-electron chi connectivity index (χ0n) is 15.6. The van der Waals surface area contributed by atoms with Gasteiger partial charge in [-0.3, -0.25) is 25.0 Å². The average Bonchev–Trinajstić information content (AvgIpc) is 3.16. The first kappa shape index (κ1) is 20.1. The fourth-order valence-corrected chi connectivity index (χ4v) is 3.13. The Hall–Kier alpha value is -3.66. The van der Waals surface area contributed by atoms with E-state index in [2.05, 4.69) is 20.8 Å². The molecule has 0 saturated heterocycles. The Balaban J connectivity index is 1.59. The van der Waals surface area contributed by atoms with E-state index in [1.54, 1.807) is 0 Å². The van der Waals surface area contributed by atoms with Gasteiger partial charge in [0, 0.05) is 23.3 Å². The summed E-state index contributed by atoms with van der Waals surface area (Å²) in [5.41, 5.74) is 2.12. The van der Waals surface area contributed by atoms with Crippen molar-refractivity contribution in [3.8, 4) is 10.6 Å². The lowest BCUT2D eigenvalue weighted by atomic mass is 10.2. The minimum Gasteiger partial charge on any atom is -0.341 e. The highest BCUT2D eigenvalue weighted by Crippen LogP contribution is 2.26. The van der Waals surface area contributed by atoms with E-state index in [-0.39, 0.29) is 11.3 Å². The zero-order valence-corrected chi connectivity index (χ0v) is 16.4. The minimum absolute atomic E-state index is 0.118. The predicted octanol–water partition coefficient (Wildman–Crippen LogP) is 3.18. The quantitative estimate of drug-likeness (QED) is 0.474. The van der Waals surface area contributed by atoms with Gasteiger partial charge in [-0.15, -0.1) is 10.2 Å². The first-order valence-electron chi connectivity index (χ1n) is 8.60. The highest BCUT2D eigenvalue weighted by Gasteiger charge is 2.19. The van der Waals surface area contributed by atoms with E-state index in [0.717, 1.165) is 11.1 Å². The SMILES string of the molecule is Cc1ccc(-c2nnc(NC(=O)C(C)NC(=O)c3ccc([N+](=O)[O-])cc3)s2)cc1. The molecule has 1 atom stereocenters. The number of rotatable bonds is 6. The number of hydrogen-bond donors (Lipinski definition) is 2. The summed E-state index contributed by atoms with van der Waals surface area (Å²) in [6.45, 7) is 3.52. The number of nitrogens with zero attached hydrogens (tertiary/aromatic N) is 3. The maximum absolute atomic E-state index is 12.3. The number of nitro benzene ring substituents is 1. The fraction of sp³-hybridized carbons (Fsp3) is 0.158. The Labute approximate surface area is 169 Å². The van der Waals surface area contributed by atoms with Gasteiger partial charge >= 0.3 is 0 Å². The van der Waals surface area contributed by atoms with Crippen LogP contribution in [0, 0.1) is 17.0 Å². The molecule has 0 saturated carbocycles. The van der Waals surface area contributed by atoms with Crippen molar-refractivity contribution in [1.29, 1.82) is 0 Å². The van der Waals surface area contributed by atoms with Crippen molar-refractivity contribution < 1.29 is 14.5 Å². The number of benzene rings is 2. The highest BCUT2D eigenvalue weighted by molar-refractivity contribution is 7.18. The van der Waals surface area contributed by atoms with Crippen LogP contribution in [0.2, 0.25) is 0 Å². The molecule has 0 aliphatic carbocycles. The maximum atomic E-state index is 12.3. The van der Waals surface area contributed by atoms with Crippen LogP contribution in [0.4, 0.5) is 10.8 Å². The van der Waals surface area contributed by atoms with Crippen LogP contribution in [0.5, 0.6) is 0 Å². The molecule has 2 N–H and O–H groups in total. The highest BCUT2D eigenvalue weighted by atomic mass is 32.1. The number of carbonyl (C=O) groups excluding carboxylic acids is 2. The van der Waals surface area contributed by atoms with Gasteiger partial charge in [-0.1, -0.05) is 41.2 Å². The van der Waals surface area contributed by atoms with Crippen LogP contribution in [-0.4, -0.2) is 33.0 Å². The molecule has 9 nitrogen and oxygen atoms in total. The minimum atomic E-state index is -0.843. The van der Waals surface area contributed by atoms with E-state index in [1.165, 1.54) is 42.5 Å². The van der Waals surface area contributed by atoms with Gasteiger partial charge in [0.1, 0.15) is 11.0 Å². The normalized spacial score (nSPS) is 11.5. The van der Waals surface area contributed by atoms with Crippen LogP contribution in [0.15, 0.2) is 48.5 Å². The number of anilines is 1. The largest absolute Gasteiger partial charge is 0.341 e. The van der Waals surface area contributed by atoms with Gasteiger partial charge in [-0.2, -0.15) is 0 Å². The first-order chi connectivity index (χ1) is 13.8. The van der Waals surface area contributed by atoms with Crippen molar-refractivity contribution in [2.45, 2.75) is 19.9 Å². The van der Waals surface area contributed by atoms with Crippen LogP contribution < -0.4 is 10.6 Å². The molecule has 0 bridgehead atoms. The van der Waals surface area contributed by atoms with Crippen molar-refractivity contribution >= 4 is 34.0 Å². The number of non-ortho nitro benzene ring substituents is 1. The van der Waals surface area contributed by atoms with E-state index >= 15 is 0 Å². The zero-order chi connectivity index (χ0) is 21.0. The molecule has 0 spiro atoms. The number of amides is 2. The number of nitrogens with one attached hydrogen (secondary N) is 2. The Morgan fingerprint density at radius 3 is 2.34 bits per heavy atom. The third-order valence-corrected chi connectivity index (χ3v) is 4.92. The summed E-state index contributed by atoms with van der Waals surface area (Å²) in [5.74, 6) is -0.966. The Bertz CT molecular complexity index is 1050. The van der Waals surface area contributed by atoms with E-state index in [9.17, 15) is 19.7 Å². The van der Waals surface area contributed by atoms with Gasteiger partial charge in [0.25, 0.3) is 11.6 Å². The lowest BCUT2D eigenvalue weighted by Crippen LogP contribution is -2.41. The standard InChI is InChI=1S/C19H17N5O4S/c1-11-3-5-14(6-4-11)18-22-23-19(29-18)21-16(25)12(2)20-17(26)13-7-9-15(10-8-13)24(27)28/h3-10,12H,1-2H3,(H,20,26)(H,21,23,25). The number of aryl methyl sites for hydroxylation is 1. The van der Waals surface area contributed by atoms with Gasteiger partial charge in [-0.25, -0.2) is 0 Å². The number of aromatic nitrogens is 2. The van der Waals surface area contributed by atoms with Crippen LogP contribution in [0.25, 0.3) is 10.6 Å². The van der Waals surface area contributed by atoms with Gasteiger partial charge in [-0.05, 0) is 26.0 Å². The van der Waals surface area contributed by atoms with E-state index < -0.39 is 22.8 Å². The molecule has 0 aliphatic heterocycles. The van der Waals surface area contributed by atoms with E-state index in [0.29, 0.717) is 10.1 Å². The molecule has 1 unspecified atom stereocenters. The number of carbonyl (C=O) groups is 2. The topological polar surface area (TPSA) is 127 Å². The van der Waals surface area contributed by atoms with Crippen molar-refractivity contribution in [1.82, 2.24) is 15.5 Å². The summed E-state index contributed by atoms with van der Waals surface area (Å²) in [7, 11) is 0. The van der Waals surface area contributed by atoms with Crippen molar-refractivity contribution in [2.75, 3.05) is 5.32 Å². The predicted molar refractivity (Wildman–Crippen MR) is 109 cm³/mol. The summed E-state index contributed by atoms with van der Waals surface area (Å²) in [6.07, 6.45) is 0. The van der Waals surface area contributed by atoms with Gasteiger partial charge in [0.2, 0.25) is 11.0 Å². The molecule has 29 heavy (non-hydrogen) atoms. The molecule has 2 amide bonds. The third-order valence-electron chi connectivity index (χ3n) is 4.03. The number of nitro groups is 1. The lowest BCUT2D eigenvalue weighted by molar-refractivity contribution is -0.384. The third kappa shape index (κ3) is 4.99. The summed E-state index contributed by atoms with van der Waals surface area (Å²) in [5, 5.41) is 24.9. The van der Waals surface area contributed by atoms with Crippen molar-refractivity contribution in [3.63, 3.8) is 0 Å². The van der Waals surface area contributed by atoms with E-state index in [4.69, 9.17) is 0 Å². The molecule has 0 radical (unpaired) electrons. The fourth-order valence-electron chi connectivity index (χ4n) is 2.38. The van der Waals surface area contributed by atoms with Crippen LogP contribution in [-0.2, 0) is 4.79 Å². The molecule has 1 heterocycles. The second-order valence-electron chi connectivity index (χ2n) is 6.27. The molecule has 0 fully saturated rings. The van der Waals surface area contributed by atoms with Crippen LogP contribution in [0.1, 0.15) is 22.8 Å². The summed E-state index contributed by atoms with van der Waals surface area (Å²) in [4.78, 5) is 34.7. The van der Waals surface area contributed by atoms with Gasteiger partial charge in [0.15, 0.2) is 0 Å². The van der Waals surface area contributed by atoms with Crippen LogP contribution >= 0.6 is 11.3 Å². The monoisotopic (exact) mass is 411 g/mol. The summed E-state index contributed by atoms with van der Waals surface area (Å²) >= 11 is 1.23. The van der Waals surface area contributed by atoms with Crippen molar-refractivity contribution in [2.24, 2.45) is 0 Å². The second kappa shape index (κ2) is 8.57. The molecule has 0 aliphatic rings. The Morgan fingerprint density at radius 2 is 1.72 bits per heavy atom. The average molecular weight is 411 g/mol. The Morgan fingerprint density at radius 1 is 1.07 bits per heavy atom. The molecular formula is C19H17N5O4S. The first-order valence-corrected chi connectivity index (χ1v) is 9.42. The van der Waals surface area contributed by atoms with Gasteiger partial charge < -0.3 is 5.32 Å². The molecule has 148 valence electrons. The molecular weight excluding hydrogens is 394 g/mol. The second-order valence-corrected chi connectivity index (χ2v) is 7.24.